The molecule has 2 saturated heterocycles. The lowest BCUT2D eigenvalue weighted by Crippen LogP contribution is -2.50. The van der Waals surface area contributed by atoms with Gasteiger partial charge in [-0.25, -0.2) is 0 Å². The third-order valence-corrected chi connectivity index (χ3v) is 4.98. The van der Waals surface area contributed by atoms with Crippen LogP contribution in [0.1, 0.15) is 26.2 Å². The molecule has 1 N–H and O–H groups in total. The van der Waals surface area contributed by atoms with Gasteiger partial charge in [-0.2, -0.15) is 0 Å². The van der Waals surface area contributed by atoms with Gasteiger partial charge in [-0.15, -0.1) is 0 Å². The van der Waals surface area contributed by atoms with Crippen LogP contribution < -0.4 is 10.1 Å². The first-order chi connectivity index (χ1) is 11.7. The Hall–Kier alpha value is -1.59. The number of fused-ring (bicyclic) bond motifs is 1. The molecule has 2 heterocycles. The van der Waals surface area contributed by atoms with Crippen molar-refractivity contribution in [1.29, 1.82) is 0 Å². The Kier molecular flexibility index (Phi) is 6.10. The molecule has 1 aromatic carbocycles. The SMILES string of the molecule is C[C@H](CCOc1ccccc1)C(=O)NC[C@H]1CN2CCC[C@H]2CO1. The maximum absolute atomic E-state index is 12.2. The number of benzene rings is 1. The molecule has 0 aliphatic carbocycles. The van der Waals surface area contributed by atoms with Crippen LogP contribution in [0, 0.1) is 5.92 Å². The summed E-state index contributed by atoms with van der Waals surface area (Å²) in [5.74, 6) is 0.872. The zero-order chi connectivity index (χ0) is 16.8. The van der Waals surface area contributed by atoms with Gasteiger partial charge in [0.2, 0.25) is 5.91 Å². The second-order valence-corrected chi connectivity index (χ2v) is 6.84. The number of amides is 1. The molecule has 0 saturated carbocycles. The summed E-state index contributed by atoms with van der Waals surface area (Å²) in [5, 5.41) is 3.03. The fourth-order valence-electron chi connectivity index (χ4n) is 3.40. The number of hydrogen-bond acceptors (Lipinski definition) is 4. The number of para-hydroxylation sites is 1. The van der Waals surface area contributed by atoms with E-state index in [1.165, 1.54) is 19.4 Å². The van der Waals surface area contributed by atoms with E-state index in [1.807, 2.05) is 37.3 Å². The third kappa shape index (κ3) is 4.71. The van der Waals surface area contributed by atoms with E-state index in [0.29, 0.717) is 25.6 Å². The van der Waals surface area contributed by atoms with Gasteiger partial charge in [0.25, 0.3) is 0 Å². The molecule has 1 aromatic rings. The smallest absolute Gasteiger partial charge is 0.223 e. The third-order valence-electron chi connectivity index (χ3n) is 4.98. The molecule has 3 atom stereocenters. The number of ether oxygens (including phenoxy) is 2. The molecule has 0 spiro atoms. The predicted octanol–water partition coefficient (Wildman–Crippen LogP) is 2.07. The molecular weight excluding hydrogens is 304 g/mol. The van der Waals surface area contributed by atoms with Crippen LogP contribution in [0.2, 0.25) is 0 Å². The van der Waals surface area contributed by atoms with Gasteiger partial charge in [0.15, 0.2) is 0 Å². The molecule has 24 heavy (non-hydrogen) atoms. The number of nitrogens with one attached hydrogen (secondary N) is 1. The summed E-state index contributed by atoms with van der Waals surface area (Å²) in [6.45, 7) is 6.02. The molecule has 0 radical (unpaired) electrons. The van der Waals surface area contributed by atoms with Crippen LogP contribution in [-0.2, 0) is 9.53 Å². The molecule has 2 aliphatic rings. The molecule has 1 amide bonds. The van der Waals surface area contributed by atoms with E-state index in [1.54, 1.807) is 0 Å². The first-order valence-electron chi connectivity index (χ1n) is 9.03. The molecule has 5 heteroatoms. The minimum absolute atomic E-state index is 0.0585. The minimum atomic E-state index is -0.0585. The van der Waals surface area contributed by atoms with Gasteiger partial charge in [-0.3, -0.25) is 9.69 Å². The highest BCUT2D eigenvalue weighted by molar-refractivity contribution is 5.78. The van der Waals surface area contributed by atoms with Crippen LogP contribution >= 0.6 is 0 Å². The van der Waals surface area contributed by atoms with Gasteiger partial charge in [-0.05, 0) is 37.9 Å². The standard InChI is InChI=1S/C19H28N2O3/c1-15(9-11-23-17-7-3-2-4-8-17)19(22)20-12-18-13-21-10-5-6-16(21)14-24-18/h2-4,7-8,15-16,18H,5-6,9-14H2,1H3,(H,20,22)/t15-,16+,18+/m1/s1. The van der Waals surface area contributed by atoms with Crippen LogP contribution in [0.4, 0.5) is 0 Å². The van der Waals surface area contributed by atoms with Crippen molar-refractivity contribution >= 4 is 5.91 Å². The van der Waals surface area contributed by atoms with Crippen LogP contribution in [0.25, 0.3) is 0 Å². The number of carbonyl (C=O) groups excluding carboxylic acids is 1. The van der Waals surface area contributed by atoms with E-state index in [4.69, 9.17) is 9.47 Å². The first-order valence-corrected chi connectivity index (χ1v) is 9.03. The maximum atomic E-state index is 12.2. The average molecular weight is 332 g/mol. The van der Waals surface area contributed by atoms with Gasteiger partial charge in [0, 0.05) is 25.0 Å². The molecule has 3 rings (SSSR count). The molecule has 132 valence electrons. The number of carbonyl (C=O) groups is 1. The molecule has 0 unspecified atom stereocenters. The largest absolute Gasteiger partial charge is 0.494 e. The van der Waals surface area contributed by atoms with Crippen LogP contribution in [-0.4, -0.2) is 55.8 Å². The Labute approximate surface area is 144 Å². The van der Waals surface area contributed by atoms with Gasteiger partial charge in [0.1, 0.15) is 5.75 Å². The summed E-state index contributed by atoms with van der Waals surface area (Å²) in [7, 11) is 0. The van der Waals surface area contributed by atoms with E-state index in [2.05, 4.69) is 10.2 Å². The Morgan fingerprint density at radius 3 is 3.08 bits per heavy atom. The second-order valence-electron chi connectivity index (χ2n) is 6.84. The number of nitrogens with zero attached hydrogens (tertiary/aromatic N) is 1. The number of hydrogen-bond donors (Lipinski definition) is 1. The van der Waals surface area contributed by atoms with Crippen LogP contribution in [0.5, 0.6) is 5.75 Å². The van der Waals surface area contributed by atoms with Gasteiger partial charge < -0.3 is 14.8 Å². The van der Waals surface area contributed by atoms with Crippen molar-refractivity contribution in [1.82, 2.24) is 10.2 Å². The van der Waals surface area contributed by atoms with Crippen molar-refractivity contribution in [3.05, 3.63) is 30.3 Å². The van der Waals surface area contributed by atoms with Crippen molar-refractivity contribution in [2.45, 2.75) is 38.3 Å². The van der Waals surface area contributed by atoms with Gasteiger partial charge >= 0.3 is 0 Å². The fourth-order valence-corrected chi connectivity index (χ4v) is 3.40. The highest BCUT2D eigenvalue weighted by atomic mass is 16.5. The zero-order valence-corrected chi connectivity index (χ0v) is 14.4. The van der Waals surface area contributed by atoms with E-state index < -0.39 is 0 Å². The number of rotatable bonds is 7. The summed E-state index contributed by atoms with van der Waals surface area (Å²) in [6, 6.07) is 10.3. The lowest BCUT2D eigenvalue weighted by Gasteiger charge is -2.35. The van der Waals surface area contributed by atoms with E-state index in [-0.39, 0.29) is 17.9 Å². The van der Waals surface area contributed by atoms with E-state index in [9.17, 15) is 4.79 Å². The van der Waals surface area contributed by atoms with E-state index in [0.717, 1.165) is 18.9 Å². The summed E-state index contributed by atoms with van der Waals surface area (Å²) in [5.41, 5.74) is 0. The fraction of sp³-hybridized carbons (Fsp3) is 0.632. The summed E-state index contributed by atoms with van der Waals surface area (Å²) < 4.78 is 11.5. The minimum Gasteiger partial charge on any atom is -0.494 e. The van der Waals surface area contributed by atoms with Crippen molar-refractivity contribution in [2.75, 3.05) is 32.8 Å². The summed E-state index contributed by atoms with van der Waals surface area (Å²) >= 11 is 0. The van der Waals surface area contributed by atoms with Crippen molar-refractivity contribution in [3.8, 4) is 5.75 Å². The molecule has 0 bridgehead atoms. The lowest BCUT2D eigenvalue weighted by molar-refractivity contribution is -0.126. The van der Waals surface area contributed by atoms with Crippen LogP contribution in [0.15, 0.2) is 30.3 Å². The van der Waals surface area contributed by atoms with Crippen molar-refractivity contribution < 1.29 is 14.3 Å². The molecule has 2 aliphatic heterocycles. The molecule has 2 fully saturated rings. The number of morpholine rings is 1. The molecular formula is C19H28N2O3. The molecule has 5 nitrogen and oxygen atoms in total. The van der Waals surface area contributed by atoms with Gasteiger partial charge in [0.05, 0.1) is 19.3 Å². The van der Waals surface area contributed by atoms with Crippen LogP contribution in [0.3, 0.4) is 0 Å². The predicted molar refractivity (Wildman–Crippen MR) is 93.1 cm³/mol. The van der Waals surface area contributed by atoms with Crippen molar-refractivity contribution in [2.24, 2.45) is 5.92 Å². The Morgan fingerprint density at radius 2 is 2.25 bits per heavy atom. The lowest BCUT2D eigenvalue weighted by atomic mass is 10.1. The first kappa shape index (κ1) is 17.2. The maximum Gasteiger partial charge on any atom is 0.223 e. The second kappa shape index (κ2) is 8.49. The Morgan fingerprint density at radius 1 is 1.42 bits per heavy atom. The van der Waals surface area contributed by atoms with Gasteiger partial charge in [-0.1, -0.05) is 25.1 Å². The average Bonchev–Trinajstić information content (AvgIpc) is 3.08. The highest BCUT2D eigenvalue weighted by Gasteiger charge is 2.32. The Bertz CT molecular complexity index is 523. The Balaban J connectivity index is 1.32. The normalized spacial score (nSPS) is 25.0. The topological polar surface area (TPSA) is 50.8 Å². The highest BCUT2D eigenvalue weighted by Crippen LogP contribution is 2.22. The molecule has 0 aromatic heterocycles. The zero-order valence-electron chi connectivity index (χ0n) is 14.4. The summed E-state index contributed by atoms with van der Waals surface area (Å²) in [6.07, 6.45) is 3.35. The van der Waals surface area contributed by atoms with E-state index >= 15 is 0 Å². The quantitative estimate of drug-likeness (QED) is 0.830. The summed E-state index contributed by atoms with van der Waals surface area (Å²) in [4.78, 5) is 14.7. The monoisotopic (exact) mass is 332 g/mol. The van der Waals surface area contributed by atoms with Crippen molar-refractivity contribution in [3.63, 3.8) is 0 Å².